The van der Waals surface area contributed by atoms with Gasteiger partial charge in [0.2, 0.25) is 0 Å². The second kappa shape index (κ2) is 8.59. The molecule has 1 heterocycles. The Morgan fingerprint density at radius 3 is 2.59 bits per heavy atom. The number of ether oxygens (including phenoxy) is 1. The Hall–Kier alpha value is -2.31. The number of rotatable bonds is 5. The SMILES string of the molecule is COc1ccc(C(C)NC(=O)N(OC)C2CCCCN2C)c2ccccc12. The van der Waals surface area contributed by atoms with E-state index in [2.05, 4.69) is 16.3 Å². The summed E-state index contributed by atoms with van der Waals surface area (Å²) in [5, 5.41) is 6.66. The van der Waals surface area contributed by atoms with Crippen molar-refractivity contribution in [2.24, 2.45) is 0 Å². The maximum absolute atomic E-state index is 12.9. The zero-order valence-corrected chi connectivity index (χ0v) is 16.6. The Balaban J connectivity index is 1.81. The fourth-order valence-corrected chi connectivity index (χ4v) is 3.87. The minimum atomic E-state index is -0.219. The summed E-state index contributed by atoms with van der Waals surface area (Å²) in [6, 6.07) is 11.6. The molecule has 6 nitrogen and oxygen atoms in total. The van der Waals surface area contributed by atoms with Crippen molar-refractivity contribution in [2.45, 2.75) is 38.4 Å². The summed E-state index contributed by atoms with van der Waals surface area (Å²) >= 11 is 0. The van der Waals surface area contributed by atoms with Gasteiger partial charge in [-0.25, -0.2) is 4.79 Å². The predicted octanol–water partition coefficient (Wildman–Crippen LogP) is 3.92. The molecule has 1 aliphatic rings. The molecule has 2 atom stereocenters. The van der Waals surface area contributed by atoms with Crippen LogP contribution in [-0.4, -0.2) is 50.0 Å². The highest BCUT2D eigenvalue weighted by Crippen LogP contribution is 2.31. The topological polar surface area (TPSA) is 54.0 Å². The molecule has 2 unspecified atom stereocenters. The average Bonchev–Trinajstić information content (AvgIpc) is 2.69. The van der Waals surface area contributed by atoms with Crippen LogP contribution in [0.3, 0.4) is 0 Å². The first kappa shape index (κ1) is 19.5. The van der Waals surface area contributed by atoms with Crippen molar-refractivity contribution in [1.82, 2.24) is 15.3 Å². The van der Waals surface area contributed by atoms with Gasteiger partial charge in [-0.1, -0.05) is 30.3 Å². The van der Waals surface area contributed by atoms with Crippen LogP contribution in [0, 0.1) is 0 Å². The number of nitrogens with one attached hydrogen (secondary N) is 1. The zero-order chi connectivity index (χ0) is 19.4. The van der Waals surface area contributed by atoms with Crippen LogP contribution in [-0.2, 0) is 4.84 Å². The van der Waals surface area contributed by atoms with Crippen LogP contribution >= 0.6 is 0 Å². The molecule has 6 heteroatoms. The van der Waals surface area contributed by atoms with Crippen LogP contribution in [0.5, 0.6) is 5.75 Å². The van der Waals surface area contributed by atoms with E-state index in [-0.39, 0.29) is 18.2 Å². The van der Waals surface area contributed by atoms with Gasteiger partial charge in [0.05, 0.1) is 20.3 Å². The van der Waals surface area contributed by atoms with Gasteiger partial charge in [-0.3, -0.25) is 9.74 Å². The van der Waals surface area contributed by atoms with E-state index in [4.69, 9.17) is 9.57 Å². The van der Waals surface area contributed by atoms with E-state index in [0.29, 0.717) is 0 Å². The molecule has 146 valence electrons. The molecule has 2 amide bonds. The molecule has 0 spiro atoms. The first-order valence-corrected chi connectivity index (χ1v) is 9.46. The molecule has 3 rings (SSSR count). The number of fused-ring (bicyclic) bond motifs is 1. The van der Waals surface area contributed by atoms with E-state index >= 15 is 0 Å². The fourth-order valence-electron chi connectivity index (χ4n) is 3.87. The summed E-state index contributed by atoms with van der Waals surface area (Å²) in [6.07, 6.45) is 3.13. The number of piperidine rings is 1. The van der Waals surface area contributed by atoms with Gasteiger partial charge < -0.3 is 10.1 Å². The number of likely N-dealkylation sites (tertiary alicyclic amines) is 1. The number of urea groups is 1. The van der Waals surface area contributed by atoms with E-state index in [1.807, 2.05) is 44.3 Å². The molecule has 1 fully saturated rings. The van der Waals surface area contributed by atoms with Crippen molar-refractivity contribution in [2.75, 3.05) is 27.8 Å². The van der Waals surface area contributed by atoms with Gasteiger partial charge >= 0.3 is 6.03 Å². The molecule has 1 aliphatic heterocycles. The number of methoxy groups -OCH3 is 1. The summed E-state index contributed by atoms with van der Waals surface area (Å²) in [5.74, 6) is 0.829. The standard InChI is InChI=1S/C21H29N3O3/c1-15(16-12-13-19(26-3)18-10-6-5-9-17(16)18)22-21(25)24(27-4)20-11-7-8-14-23(20)2/h5-6,9-10,12-13,15,20H,7-8,11,14H2,1-4H3,(H,22,25). The normalized spacial score (nSPS) is 18.9. The maximum Gasteiger partial charge on any atom is 0.343 e. The lowest BCUT2D eigenvalue weighted by molar-refractivity contribution is -0.161. The van der Waals surface area contributed by atoms with E-state index < -0.39 is 0 Å². The van der Waals surface area contributed by atoms with E-state index in [1.54, 1.807) is 14.2 Å². The average molecular weight is 371 g/mol. The zero-order valence-electron chi connectivity index (χ0n) is 16.6. The number of hydrogen-bond donors (Lipinski definition) is 1. The van der Waals surface area contributed by atoms with Crippen molar-refractivity contribution in [3.8, 4) is 5.75 Å². The Morgan fingerprint density at radius 1 is 1.19 bits per heavy atom. The molecule has 0 radical (unpaired) electrons. The molecular formula is C21H29N3O3. The second-order valence-electron chi connectivity index (χ2n) is 7.04. The number of carbonyl (C=O) groups is 1. The second-order valence-corrected chi connectivity index (χ2v) is 7.04. The molecule has 0 aliphatic carbocycles. The fraction of sp³-hybridized carbons (Fsp3) is 0.476. The molecule has 0 bridgehead atoms. The third-order valence-electron chi connectivity index (χ3n) is 5.34. The van der Waals surface area contributed by atoms with Crippen LogP contribution in [0.1, 0.15) is 37.8 Å². The summed E-state index contributed by atoms with van der Waals surface area (Å²) in [6.45, 7) is 2.96. The molecular weight excluding hydrogens is 342 g/mol. The van der Waals surface area contributed by atoms with Gasteiger partial charge in [-0.15, -0.1) is 0 Å². The number of benzene rings is 2. The van der Waals surface area contributed by atoms with Crippen LogP contribution in [0.15, 0.2) is 36.4 Å². The van der Waals surface area contributed by atoms with Crippen molar-refractivity contribution >= 4 is 16.8 Å². The molecule has 0 aromatic heterocycles. The summed E-state index contributed by atoms with van der Waals surface area (Å²) < 4.78 is 5.47. The van der Waals surface area contributed by atoms with E-state index in [0.717, 1.165) is 47.9 Å². The smallest absolute Gasteiger partial charge is 0.343 e. The molecule has 0 saturated carbocycles. The maximum atomic E-state index is 12.9. The van der Waals surface area contributed by atoms with E-state index in [1.165, 1.54) is 5.06 Å². The molecule has 2 aromatic rings. The highest BCUT2D eigenvalue weighted by Gasteiger charge is 2.30. The van der Waals surface area contributed by atoms with Crippen molar-refractivity contribution in [1.29, 1.82) is 0 Å². The first-order chi connectivity index (χ1) is 13.1. The quantitative estimate of drug-likeness (QED) is 0.810. The number of nitrogens with zero attached hydrogens (tertiary/aromatic N) is 2. The molecule has 2 aromatic carbocycles. The van der Waals surface area contributed by atoms with Gasteiger partial charge in [-0.05, 0) is 56.8 Å². The summed E-state index contributed by atoms with van der Waals surface area (Å²) in [4.78, 5) is 20.5. The lowest BCUT2D eigenvalue weighted by atomic mass is 9.99. The van der Waals surface area contributed by atoms with Gasteiger partial charge in [0.1, 0.15) is 11.9 Å². The highest BCUT2D eigenvalue weighted by molar-refractivity contribution is 5.91. The lowest BCUT2D eigenvalue weighted by Gasteiger charge is -2.39. The summed E-state index contributed by atoms with van der Waals surface area (Å²) in [7, 11) is 5.25. The Kier molecular flexibility index (Phi) is 6.19. The van der Waals surface area contributed by atoms with Gasteiger partial charge in [0.15, 0.2) is 0 Å². The Labute approximate surface area is 161 Å². The van der Waals surface area contributed by atoms with Crippen molar-refractivity contribution < 1.29 is 14.4 Å². The Bertz CT molecular complexity index is 795. The minimum Gasteiger partial charge on any atom is -0.496 e. The minimum absolute atomic E-state index is 0.0384. The van der Waals surface area contributed by atoms with Crippen molar-refractivity contribution in [3.63, 3.8) is 0 Å². The third-order valence-corrected chi connectivity index (χ3v) is 5.34. The Morgan fingerprint density at radius 2 is 1.93 bits per heavy atom. The predicted molar refractivity (Wildman–Crippen MR) is 107 cm³/mol. The van der Waals surface area contributed by atoms with Crippen LogP contribution < -0.4 is 10.1 Å². The number of amides is 2. The number of carbonyl (C=O) groups excluding carboxylic acids is 1. The lowest BCUT2D eigenvalue weighted by Crippen LogP contribution is -2.54. The third kappa shape index (κ3) is 4.01. The van der Waals surface area contributed by atoms with Gasteiger partial charge in [-0.2, -0.15) is 5.06 Å². The van der Waals surface area contributed by atoms with Gasteiger partial charge in [0.25, 0.3) is 0 Å². The number of hydrogen-bond acceptors (Lipinski definition) is 4. The van der Waals surface area contributed by atoms with Crippen molar-refractivity contribution in [3.05, 3.63) is 42.0 Å². The van der Waals surface area contributed by atoms with Gasteiger partial charge in [0, 0.05) is 5.39 Å². The molecule has 1 saturated heterocycles. The highest BCUT2D eigenvalue weighted by atomic mass is 16.7. The van der Waals surface area contributed by atoms with Crippen LogP contribution in [0.2, 0.25) is 0 Å². The molecule has 1 N–H and O–H groups in total. The number of hydroxylamine groups is 2. The summed E-state index contributed by atoms with van der Waals surface area (Å²) in [5.41, 5.74) is 1.05. The largest absolute Gasteiger partial charge is 0.496 e. The first-order valence-electron chi connectivity index (χ1n) is 9.46. The van der Waals surface area contributed by atoms with Crippen LogP contribution in [0.4, 0.5) is 4.79 Å². The van der Waals surface area contributed by atoms with E-state index in [9.17, 15) is 4.79 Å². The molecule has 27 heavy (non-hydrogen) atoms. The monoisotopic (exact) mass is 371 g/mol. The van der Waals surface area contributed by atoms with Crippen LogP contribution in [0.25, 0.3) is 10.8 Å².